The van der Waals surface area contributed by atoms with Crippen molar-refractivity contribution in [1.82, 2.24) is 9.62 Å². The minimum Gasteiger partial charge on any atom is -0.345 e. The van der Waals surface area contributed by atoms with Crippen molar-refractivity contribution in [3.63, 3.8) is 0 Å². The van der Waals surface area contributed by atoms with Crippen molar-refractivity contribution >= 4 is 43.5 Å². The summed E-state index contributed by atoms with van der Waals surface area (Å²) in [6, 6.07) is 11.5. The van der Waals surface area contributed by atoms with Gasteiger partial charge in [0.25, 0.3) is 5.91 Å². The SMILES string of the molecule is CC(NC(=O)c1cc(S(=O)(=O)N2CCCC2)ccc1Br)c1ccccc1Cl. The molecule has 0 saturated carbocycles. The number of carbonyl (C=O) groups excluding carboxylic acids is 1. The average molecular weight is 472 g/mol. The Morgan fingerprint density at radius 3 is 2.52 bits per heavy atom. The molecule has 1 atom stereocenters. The van der Waals surface area contributed by atoms with E-state index in [4.69, 9.17) is 11.6 Å². The van der Waals surface area contributed by atoms with Gasteiger partial charge < -0.3 is 5.32 Å². The molecule has 1 amide bonds. The number of nitrogens with zero attached hydrogens (tertiary/aromatic N) is 1. The molecule has 2 aromatic rings. The normalized spacial score (nSPS) is 16.3. The van der Waals surface area contributed by atoms with Crippen LogP contribution in [0.25, 0.3) is 0 Å². The van der Waals surface area contributed by atoms with Crippen molar-refractivity contribution in [2.24, 2.45) is 0 Å². The monoisotopic (exact) mass is 470 g/mol. The first kappa shape index (κ1) is 20.3. The second-order valence-corrected chi connectivity index (χ2v) is 9.67. The van der Waals surface area contributed by atoms with Crippen molar-refractivity contribution in [2.45, 2.75) is 30.7 Å². The van der Waals surface area contributed by atoms with Gasteiger partial charge in [-0.2, -0.15) is 4.31 Å². The maximum Gasteiger partial charge on any atom is 0.252 e. The van der Waals surface area contributed by atoms with Gasteiger partial charge in [0, 0.05) is 22.6 Å². The highest BCUT2D eigenvalue weighted by Crippen LogP contribution is 2.27. The van der Waals surface area contributed by atoms with Gasteiger partial charge in [-0.25, -0.2) is 8.42 Å². The van der Waals surface area contributed by atoms with Gasteiger partial charge in [-0.3, -0.25) is 4.79 Å². The van der Waals surface area contributed by atoms with E-state index in [0.29, 0.717) is 22.6 Å². The van der Waals surface area contributed by atoms with Crippen molar-refractivity contribution in [3.8, 4) is 0 Å². The molecular formula is C19H20BrClN2O3S. The Balaban J connectivity index is 1.86. The highest BCUT2D eigenvalue weighted by atomic mass is 79.9. The number of hydrogen-bond donors (Lipinski definition) is 1. The number of carbonyl (C=O) groups is 1. The van der Waals surface area contributed by atoms with Gasteiger partial charge in [0.1, 0.15) is 0 Å². The lowest BCUT2D eigenvalue weighted by Crippen LogP contribution is -2.29. The van der Waals surface area contributed by atoms with E-state index in [1.807, 2.05) is 25.1 Å². The van der Waals surface area contributed by atoms with E-state index < -0.39 is 10.0 Å². The molecule has 1 N–H and O–H groups in total. The molecule has 0 aromatic heterocycles. The topological polar surface area (TPSA) is 66.5 Å². The Morgan fingerprint density at radius 1 is 1.19 bits per heavy atom. The molecule has 1 heterocycles. The Kier molecular flexibility index (Phi) is 6.25. The fraction of sp³-hybridized carbons (Fsp3) is 0.316. The molecule has 2 aromatic carbocycles. The summed E-state index contributed by atoms with van der Waals surface area (Å²) < 4.78 is 27.5. The lowest BCUT2D eigenvalue weighted by Gasteiger charge is -2.18. The molecule has 3 rings (SSSR count). The predicted molar refractivity (Wildman–Crippen MR) is 109 cm³/mol. The van der Waals surface area contributed by atoms with Crippen LogP contribution in [0.4, 0.5) is 0 Å². The number of amides is 1. The van der Waals surface area contributed by atoms with E-state index in [9.17, 15) is 13.2 Å². The summed E-state index contributed by atoms with van der Waals surface area (Å²) in [5.41, 5.74) is 1.07. The third-order valence-electron chi connectivity index (χ3n) is 4.60. The van der Waals surface area contributed by atoms with Crippen LogP contribution in [0.1, 0.15) is 41.7 Å². The van der Waals surface area contributed by atoms with Gasteiger partial charge >= 0.3 is 0 Å². The molecule has 27 heavy (non-hydrogen) atoms. The van der Waals surface area contributed by atoms with Crippen LogP contribution in [0.15, 0.2) is 51.8 Å². The van der Waals surface area contributed by atoms with Gasteiger partial charge in [-0.1, -0.05) is 29.8 Å². The fourth-order valence-electron chi connectivity index (χ4n) is 3.09. The van der Waals surface area contributed by atoms with Crippen LogP contribution in [0.2, 0.25) is 5.02 Å². The molecule has 1 fully saturated rings. The number of halogens is 2. The second-order valence-electron chi connectivity index (χ2n) is 6.47. The van der Waals surface area contributed by atoms with Crippen LogP contribution in [0.5, 0.6) is 0 Å². The molecular weight excluding hydrogens is 452 g/mol. The zero-order chi connectivity index (χ0) is 19.6. The smallest absolute Gasteiger partial charge is 0.252 e. The third kappa shape index (κ3) is 4.37. The third-order valence-corrected chi connectivity index (χ3v) is 7.53. The van der Waals surface area contributed by atoms with E-state index in [-0.39, 0.29) is 22.4 Å². The van der Waals surface area contributed by atoms with E-state index >= 15 is 0 Å². The van der Waals surface area contributed by atoms with Crippen LogP contribution in [0.3, 0.4) is 0 Å². The second kappa shape index (κ2) is 8.31. The van der Waals surface area contributed by atoms with Crippen LogP contribution < -0.4 is 5.32 Å². The molecule has 0 spiro atoms. The first-order valence-electron chi connectivity index (χ1n) is 8.65. The van der Waals surface area contributed by atoms with Crippen molar-refractivity contribution in [3.05, 3.63) is 63.1 Å². The van der Waals surface area contributed by atoms with Crippen LogP contribution >= 0.6 is 27.5 Å². The molecule has 1 aliphatic rings. The maximum absolute atomic E-state index is 12.8. The Morgan fingerprint density at radius 2 is 1.85 bits per heavy atom. The molecule has 1 saturated heterocycles. The standard InChI is InChI=1S/C19H20BrClN2O3S/c1-13(15-6-2-3-7-18(15)21)22-19(24)16-12-14(8-9-17(16)20)27(25,26)23-10-4-5-11-23/h2-3,6-9,12-13H,4-5,10-11H2,1H3,(H,22,24). The Hall–Kier alpha value is -1.41. The van der Waals surface area contributed by atoms with Crippen molar-refractivity contribution < 1.29 is 13.2 Å². The fourth-order valence-corrected chi connectivity index (χ4v) is 5.36. The van der Waals surface area contributed by atoms with E-state index in [2.05, 4.69) is 21.2 Å². The van der Waals surface area contributed by atoms with Crippen molar-refractivity contribution in [1.29, 1.82) is 0 Å². The predicted octanol–water partition coefficient (Wildman–Crippen LogP) is 4.38. The number of rotatable bonds is 5. The molecule has 8 heteroatoms. The average Bonchev–Trinajstić information content (AvgIpc) is 3.17. The Labute approximate surface area is 172 Å². The van der Waals surface area contributed by atoms with E-state index in [1.54, 1.807) is 12.1 Å². The molecule has 0 aliphatic carbocycles. The Bertz CT molecular complexity index is 959. The lowest BCUT2D eigenvalue weighted by atomic mass is 10.1. The van der Waals surface area contributed by atoms with Crippen LogP contribution in [-0.4, -0.2) is 31.7 Å². The van der Waals surface area contributed by atoms with Crippen molar-refractivity contribution in [2.75, 3.05) is 13.1 Å². The van der Waals surface area contributed by atoms with E-state index in [1.165, 1.54) is 16.4 Å². The first-order chi connectivity index (χ1) is 12.8. The molecule has 0 bridgehead atoms. The highest BCUT2D eigenvalue weighted by molar-refractivity contribution is 9.10. The molecule has 1 unspecified atom stereocenters. The highest BCUT2D eigenvalue weighted by Gasteiger charge is 2.28. The summed E-state index contributed by atoms with van der Waals surface area (Å²) in [5, 5.41) is 3.45. The number of sulfonamides is 1. The maximum atomic E-state index is 12.8. The van der Waals surface area contributed by atoms with Gasteiger partial charge in [0.05, 0.1) is 16.5 Å². The minimum atomic E-state index is -3.59. The van der Waals surface area contributed by atoms with E-state index in [0.717, 1.165) is 18.4 Å². The summed E-state index contributed by atoms with van der Waals surface area (Å²) in [7, 11) is -3.59. The summed E-state index contributed by atoms with van der Waals surface area (Å²) in [6.45, 7) is 2.87. The van der Waals surface area contributed by atoms with Gasteiger partial charge in [-0.05, 0) is 65.5 Å². The molecule has 5 nitrogen and oxygen atoms in total. The zero-order valence-corrected chi connectivity index (χ0v) is 17.9. The van der Waals surface area contributed by atoms with Gasteiger partial charge in [0.2, 0.25) is 10.0 Å². The largest absolute Gasteiger partial charge is 0.345 e. The summed E-state index contributed by atoms with van der Waals surface area (Å²) in [5.74, 6) is -0.368. The molecule has 1 aliphatic heterocycles. The number of nitrogens with one attached hydrogen (secondary N) is 1. The first-order valence-corrected chi connectivity index (χ1v) is 11.3. The number of benzene rings is 2. The summed E-state index contributed by atoms with van der Waals surface area (Å²) >= 11 is 9.54. The summed E-state index contributed by atoms with van der Waals surface area (Å²) in [6.07, 6.45) is 1.72. The summed E-state index contributed by atoms with van der Waals surface area (Å²) in [4.78, 5) is 12.9. The minimum absolute atomic E-state index is 0.128. The van der Waals surface area contributed by atoms with Gasteiger partial charge in [0.15, 0.2) is 0 Å². The lowest BCUT2D eigenvalue weighted by molar-refractivity contribution is 0.0939. The van der Waals surface area contributed by atoms with Gasteiger partial charge in [-0.15, -0.1) is 0 Å². The van der Waals surface area contributed by atoms with Crippen LogP contribution in [0, 0.1) is 0 Å². The quantitative estimate of drug-likeness (QED) is 0.704. The zero-order valence-electron chi connectivity index (χ0n) is 14.8. The molecule has 144 valence electrons. The molecule has 0 radical (unpaired) electrons. The number of hydrogen-bond acceptors (Lipinski definition) is 3. The van der Waals surface area contributed by atoms with Crippen LogP contribution in [-0.2, 0) is 10.0 Å².